The molecule has 3 aromatic rings. The number of aromatic nitrogens is 1. The van der Waals surface area contributed by atoms with Crippen LogP contribution in [0.1, 0.15) is 17.3 Å². The van der Waals surface area contributed by atoms with E-state index in [0.29, 0.717) is 35.9 Å². The molecule has 0 unspecified atom stereocenters. The third kappa shape index (κ3) is 2.94. The highest BCUT2D eigenvalue weighted by molar-refractivity contribution is 7.16. The van der Waals surface area contributed by atoms with E-state index in [-0.39, 0.29) is 5.91 Å². The molecule has 1 aliphatic heterocycles. The molecule has 1 aromatic heterocycles. The van der Waals surface area contributed by atoms with Gasteiger partial charge in [-0.25, -0.2) is 0 Å². The Kier molecular flexibility index (Phi) is 4.38. The first kappa shape index (κ1) is 16.7. The van der Waals surface area contributed by atoms with Crippen molar-refractivity contribution in [3.8, 4) is 17.2 Å². The molecule has 0 N–H and O–H groups in total. The maximum atomic E-state index is 12.7. The molecule has 6 nitrogen and oxygen atoms in total. The van der Waals surface area contributed by atoms with Gasteiger partial charge in [0, 0.05) is 19.2 Å². The lowest BCUT2D eigenvalue weighted by molar-refractivity contribution is 0.0994. The van der Waals surface area contributed by atoms with E-state index < -0.39 is 0 Å². The molecular formula is C19H18N2O4S. The van der Waals surface area contributed by atoms with Crippen LogP contribution in [0.15, 0.2) is 41.4 Å². The van der Waals surface area contributed by atoms with Crippen molar-refractivity contribution in [2.75, 3.05) is 19.8 Å². The molecular weight excluding hydrogens is 352 g/mol. The molecule has 2 heterocycles. The number of para-hydroxylation sites is 1. The quantitative estimate of drug-likeness (QED) is 0.711. The fraction of sp³-hybridized carbons (Fsp3) is 0.263. The van der Waals surface area contributed by atoms with Gasteiger partial charge in [-0.15, -0.1) is 0 Å². The third-order valence-electron chi connectivity index (χ3n) is 4.09. The average Bonchev–Trinajstić information content (AvgIpc) is 2.95. The number of amides is 1. The SMILES string of the molecule is CCOc1ccccc1C(=O)N=c1sc2cc3c(cc2n1C)OCCO3. The minimum Gasteiger partial charge on any atom is -0.493 e. The Bertz CT molecular complexity index is 1050. The number of carbonyl (C=O) groups is 1. The number of carbonyl (C=O) groups excluding carboxylic acids is 1. The summed E-state index contributed by atoms with van der Waals surface area (Å²) in [6.07, 6.45) is 0. The van der Waals surface area contributed by atoms with Crippen LogP contribution in [0.5, 0.6) is 17.2 Å². The smallest absolute Gasteiger partial charge is 0.283 e. The summed E-state index contributed by atoms with van der Waals surface area (Å²) in [4.78, 5) is 17.6. The van der Waals surface area contributed by atoms with Crippen molar-refractivity contribution in [1.82, 2.24) is 4.57 Å². The summed E-state index contributed by atoms with van der Waals surface area (Å²) in [6.45, 7) is 3.46. The van der Waals surface area contributed by atoms with E-state index in [1.165, 1.54) is 11.3 Å². The van der Waals surface area contributed by atoms with Crippen LogP contribution < -0.4 is 19.0 Å². The van der Waals surface area contributed by atoms with Crippen molar-refractivity contribution in [2.45, 2.75) is 6.92 Å². The molecule has 0 radical (unpaired) electrons. The third-order valence-corrected chi connectivity index (χ3v) is 5.18. The highest BCUT2D eigenvalue weighted by Crippen LogP contribution is 2.35. The van der Waals surface area contributed by atoms with Gasteiger partial charge < -0.3 is 18.8 Å². The van der Waals surface area contributed by atoms with E-state index in [9.17, 15) is 4.79 Å². The molecule has 1 aliphatic rings. The predicted molar refractivity (Wildman–Crippen MR) is 99.3 cm³/mol. The van der Waals surface area contributed by atoms with Crippen LogP contribution in [0.2, 0.25) is 0 Å². The van der Waals surface area contributed by atoms with Crippen molar-refractivity contribution < 1.29 is 19.0 Å². The van der Waals surface area contributed by atoms with Gasteiger partial charge in [0.1, 0.15) is 19.0 Å². The van der Waals surface area contributed by atoms with Crippen LogP contribution in [0.25, 0.3) is 10.2 Å². The number of benzene rings is 2. The molecule has 2 aromatic carbocycles. The van der Waals surface area contributed by atoms with Gasteiger partial charge in [-0.05, 0) is 19.1 Å². The van der Waals surface area contributed by atoms with Gasteiger partial charge in [0.15, 0.2) is 16.3 Å². The molecule has 0 atom stereocenters. The van der Waals surface area contributed by atoms with Gasteiger partial charge in [0.2, 0.25) is 0 Å². The number of thiazole rings is 1. The van der Waals surface area contributed by atoms with Gasteiger partial charge in [-0.1, -0.05) is 23.5 Å². The van der Waals surface area contributed by atoms with E-state index in [2.05, 4.69) is 4.99 Å². The summed E-state index contributed by atoms with van der Waals surface area (Å²) in [5, 5.41) is 0. The first-order valence-electron chi connectivity index (χ1n) is 8.37. The molecule has 0 aliphatic carbocycles. The van der Waals surface area contributed by atoms with Gasteiger partial charge in [0.25, 0.3) is 5.91 Å². The molecule has 0 fully saturated rings. The fourth-order valence-electron chi connectivity index (χ4n) is 2.84. The van der Waals surface area contributed by atoms with E-state index in [1.807, 2.05) is 36.7 Å². The number of hydrogen-bond donors (Lipinski definition) is 0. The summed E-state index contributed by atoms with van der Waals surface area (Å²) in [6, 6.07) is 11.0. The molecule has 0 saturated heterocycles. The molecule has 134 valence electrons. The molecule has 0 spiro atoms. The Morgan fingerprint density at radius 2 is 1.96 bits per heavy atom. The van der Waals surface area contributed by atoms with Crippen molar-refractivity contribution in [2.24, 2.45) is 12.0 Å². The monoisotopic (exact) mass is 370 g/mol. The molecule has 0 bridgehead atoms. The van der Waals surface area contributed by atoms with Gasteiger partial charge in [-0.3, -0.25) is 4.79 Å². The molecule has 1 amide bonds. The van der Waals surface area contributed by atoms with Crippen molar-refractivity contribution in [3.63, 3.8) is 0 Å². The zero-order chi connectivity index (χ0) is 18.1. The summed E-state index contributed by atoms with van der Waals surface area (Å²) in [7, 11) is 1.88. The Morgan fingerprint density at radius 1 is 1.23 bits per heavy atom. The average molecular weight is 370 g/mol. The van der Waals surface area contributed by atoms with Crippen LogP contribution in [0.4, 0.5) is 0 Å². The second-order valence-electron chi connectivity index (χ2n) is 5.75. The van der Waals surface area contributed by atoms with E-state index in [1.54, 1.807) is 18.2 Å². The van der Waals surface area contributed by atoms with Crippen molar-refractivity contribution in [3.05, 3.63) is 46.8 Å². The predicted octanol–water partition coefficient (Wildman–Crippen LogP) is 3.15. The van der Waals surface area contributed by atoms with Crippen LogP contribution in [-0.2, 0) is 7.05 Å². The van der Waals surface area contributed by atoms with E-state index in [0.717, 1.165) is 21.7 Å². The summed E-state index contributed by atoms with van der Waals surface area (Å²) < 4.78 is 19.7. The molecule has 0 saturated carbocycles. The number of rotatable bonds is 3. The lowest BCUT2D eigenvalue weighted by atomic mass is 10.2. The van der Waals surface area contributed by atoms with Crippen LogP contribution in [-0.4, -0.2) is 30.3 Å². The number of fused-ring (bicyclic) bond motifs is 2. The zero-order valence-corrected chi connectivity index (χ0v) is 15.3. The second kappa shape index (κ2) is 6.84. The lowest BCUT2D eigenvalue weighted by Crippen LogP contribution is -2.16. The van der Waals surface area contributed by atoms with Crippen LogP contribution >= 0.6 is 11.3 Å². The largest absolute Gasteiger partial charge is 0.493 e. The highest BCUT2D eigenvalue weighted by Gasteiger charge is 2.16. The maximum absolute atomic E-state index is 12.7. The first-order valence-corrected chi connectivity index (χ1v) is 9.19. The molecule has 26 heavy (non-hydrogen) atoms. The fourth-order valence-corrected chi connectivity index (χ4v) is 3.87. The Hall–Kier alpha value is -2.80. The number of ether oxygens (including phenoxy) is 3. The maximum Gasteiger partial charge on any atom is 0.283 e. The Labute approximate surface area is 154 Å². The van der Waals surface area contributed by atoms with Crippen molar-refractivity contribution >= 4 is 27.5 Å². The van der Waals surface area contributed by atoms with Crippen molar-refractivity contribution in [1.29, 1.82) is 0 Å². The first-order chi connectivity index (χ1) is 12.7. The summed E-state index contributed by atoms with van der Waals surface area (Å²) in [5.74, 6) is 1.67. The minimum atomic E-state index is -0.325. The summed E-state index contributed by atoms with van der Waals surface area (Å²) >= 11 is 1.44. The van der Waals surface area contributed by atoms with Gasteiger partial charge in [-0.2, -0.15) is 4.99 Å². The van der Waals surface area contributed by atoms with Crippen LogP contribution in [0, 0.1) is 0 Å². The van der Waals surface area contributed by atoms with E-state index in [4.69, 9.17) is 14.2 Å². The number of aryl methyl sites for hydroxylation is 1. The Balaban J connectivity index is 1.79. The van der Waals surface area contributed by atoms with Gasteiger partial charge in [0.05, 0.1) is 22.4 Å². The Morgan fingerprint density at radius 3 is 2.73 bits per heavy atom. The highest BCUT2D eigenvalue weighted by atomic mass is 32.1. The molecule has 4 rings (SSSR count). The standard InChI is InChI=1S/C19H18N2O4S/c1-3-23-14-7-5-4-6-12(14)18(22)20-19-21(2)13-10-15-16(11-17(13)26-19)25-9-8-24-15/h4-7,10-11H,3,8-9H2,1-2H3. The van der Waals surface area contributed by atoms with Gasteiger partial charge >= 0.3 is 0 Å². The van der Waals surface area contributed by atoms with E-state index >= 15 is 0 Å². The number of nitrogens with zero attached hydrogens (tertiary/aromatic N) is 2. The second-order valence-corrected chi connectivity index (χ2v) is 6.76. The summed E-state index contributed by atoms with van der Waals surface area (Å²) in [5.41, 5.74) is 1.40. The topological polar surface area (TPSA) is 62.0 Å². The zero-order valence-electron chi connectivity index (χ0n) is 14.5. The van der Waals surface area contributed by atoms with Crippen LogP contribution in [0.3, 0.4) is 0 Å². The minimum absolute atomic E-state index is 0.325. The lowest BCUT2D eigenvalue weighted by Gasteiger charge is -2.18. The molecule has 7 heteroatoms. The normalized spacial score (nSPS) is 13.8. The number of hydrogen-bond acceptors (Lipinski definition) is 5.